The number of hydrogen-bond acceptors (Lipinski definition) is 4. The number of nitrogens with one attached hydrogen (secondary N) is 2. The minimum atomic E-state index is -0.774. The van der Waals surface area contributed by atoms with Crippen LogP contribution in [0.2, 0.25) is 0 Å². The molecule has 0 unspecified atom stereocenters. The Balaban J connectivity index is 1.42. The number of anilines is 2. The summed E-state index contributed by atoms with van der Waals surface area (Å²) in [7, 11) is 0. The summed E-state index contributed by atoms with van der Waals surface area (Å²) in [6.45, 7) is 3.62. The normalized spacial score (nSPS) is 13.9. The molecular weight excluding hydrogens is 349 g/mol. The van der Waals surface area contributed by atoms with Crippen molar-refractivity contribution in [2.75, 3.05) is 43.1 Å². The number of ether oxygens (including phenoxy) is 1. The van der Waals surface area contributed by atoms with E-state index in [0.29, 0.717) is 18.7 Å². The molecule has 6 nitrogen and oxygen atoms in total. The molecule has 2 N–H and O–H groups in total. The van der Waals surface area contributed by atoms with E-state index in [4.69, 9.17) is 4.74 Å². The molecule has 0 spiro atoms. The predicted molar refractivity (Wildman–Crippen MR) is 101 cm³/mol. The van der Waals surface area contributed by atoms with Gasteiger partial charge in [0.2, 0.25) is 0 Å². The number of rotatable bonds is 5. The third-order valence-corrected chi connectivity index (χ3v) is 4.32. The summed E-state index contributed by atoms with van der Waals surface area (Å²) < 4.78 is 18.2. The maximum absolute atomic E-state index is 12.8. The molecule has 7 heteroatoms. The summed E-state index contributed by atoms with van der Waals surface area (Å²) in [6.07, 6.45) is 0.624. The first-order chi connectivity index (χ1) is 13.1. The molecule has 2 aromatic carbocycles. The summed E-state index contributed by atoms with van der Waals surface area (Å²) in [5.41, 5.74) is 2.60. The summed E-state index contributed by atoms with van der Waals surface area (Å²) in [5, 5.41) is 5.02. The average Bonchev–Trinajstić information content (AvgIpc) is 2.71. The van der Waals surface area contributed by atoms with Gasteiger partial charge in [-0.15, -0.1) is 0 Å². The smallest absolute Gasteiger partial charge is 0.313 e. The van der Waals surface area contributed by atoms with Gasteiger partial charge in [0.25, 0.3) is 0 Å². The van der Waals surface area contributed by atoms with Crippen LogP contribution >= 0.6 is 0 Å². The van der Waals surface area contributed by atoms with Crippen molar-refractivity contribution >= 4 is 23.2 Å². The number of nitrogens with zero attached hydrogens (tertiary/aromatic N) is 1. The fourth-order valence-corrected chi connectivity index (χ4v) is 2.82. The summed E-state index contributed by atoms with van der Waals surface area (Å²) >= 11 is 0. The zero-order chi connectivity index (χ0) is 19.1. The maximum atomic E-state index is 12.8. The first kappa shape index (κ1) is 18.8. The minimum Gasteiger partial charge on any atom is -0.378 e. The van der Waals surface area contributed by atoms with Crippen molar-refractivity contribution in [3.63, 3.8) is 0 Å². The molecule has 1 saturated heterocycles. The van der Waals surface area contributed by atoms with Gasteiger partial charge in [-0.1, -0.05) is 12.1 Å². The molecule has 0 aromatic heterocycles. The molecule has 0 radical (unpaired) electrons. The van der Waals surface area contributed by atoms with Gasteiger partial charge < -0.3 is 20.3 Å². The van der Waals surface area contributed by atoms with E-state index >= 15 is 0 Å². The van der Waals surface area contributed by atoms with E-state index in [1.807, 2.05) is 12.1 Å². The van der Waals surface area contributed by atoms with Gasteiger partial charge in [0.1, 0.15) is 5.82 Å². The van der Waals surface area contributed by atoms with Crippen molar-refractivity contribution in [2.24, 2.45) is 0 Å². The van der Waals surface area contributed by atoms with E-state index in [-0.39, 0.29) is 0 Å². The molecule has 142 valence electrons. The number of morpholine rings is 1. The van der Waals surface area contributed by atoms with Crippen molar-refractivity contribution < 1.29 is 18.7 Å². The second kappa shape index (κ2) is 9.14. The van der Waals surface area contributed by atoms with E-state index in [1.54, 1.807) is 0 Å². The fraction of sp³-hybridized carbons (Fsp3) is 0.300. The van der Waals surface area contributed by atoms with Crippen molar-refractivity contribution in [1.29, 1.82) is 0 Å². The molecule has 1 aliphatic heterocycles. The number of hydrogen-bond donors (Lipinski definition) is 2. The van der Waals surface area contributed by atoms with Crippen LogP contribution < -0.4 is 15.5 Å². The van der Waals surface area contributed by atoms with Crippen LogP contribution in [-0.4, -0.2) is 44.7 Å². The molecule has 0 bridgehead atoms. The highest BCUT2D eigenvalue weighted by Crippen LogP contribution is 2.16. The van der Waals surface area contributed by atoms with E-state index < -0.39 is 17.6 Å². The molecule has 3 rings (SSSR count). The first-order valence-electron chi connectivity index (χ1n) is 8.88. The van der Waals surface area contributed by atoms with Gasteiger partial charge in [0, 0.05) is 31.0 Å². The van der Waals surface area contributed by atoms with Gasteiger partial charge >= 0.3 is 11.8 Å². The Morgan fingerprint density at radius 3 is 2.30 bits per heavy atom. The summed E-state index contributed by atoms with van der Waals surface area (Å²) in [5.74, 6) is -1.90. The Morgan fingerprint density at radius 2 is 1.63 bits per heavy atom. The Hall–Kier alpha value is -2.93. The van der Waals surface area contributed by atoms with Crippen molar-refractivity contribution in [1.82, 2.24) is 5.32 Å². The molecule has 0 aliphatic carbocycles. The Kier molecular flexibility index (Phi) is 6.38. The van der Waals surface area contributed by atoms with Gasteiger partial charge in [0.15, 0.2) is 0 Å². The molecule has 27 heavy (non-hydrogen) atoms. The van der Waals surface area contributed by atoms with E-state index in [9.17, 15) is 14.0 Å². The zero-order valence-corrected chi connectivity index (χ0v) is 14.9. The predicted octanol–water partition coefficient (Wildman–Crippen LogP) is 1.96. The van der Waals surface area contributed by atoms with Crippen LogP contribution in [0, 0.1) is 5.82 Å². The summed E-state index contributed by atoms with van der Waals surface area (Å²) in [4.78, 5) is 25.9. The largest absolute Gasteiger partial charge is 0.378 e. The van der Waals surface area contributed by atoms with Crippen molar-refractivity contribution in [2.45, 2.75) is 6.42 Å². The Morgan fingerprint density at radius 1 is 0.963 bits per heavy atom. The highest BCUT2D eigenvalue weighted by Gasteiger charge is 2.13. The molecule has 1 aliphatic rings. The van der Waals surface area contributed by atoms with E-state index in [2.05, 4.69) is 27.7 Å². The molecule has 0 atom stereocenters. The Labute approximate surface area is 157 Å². The number of benzene rings is 2. The lowest BCUT2D eigenvalue weighted by Gasteiger charge is -2.28. The van der Waals surface area contributed by atoms with Crippen LogP contribution in [0.4, 0.5) is 15.8 Å². The third kappa shape index (κ3) is 5.52. The molecule has 1 fully saturated rings. The third-order valence-electron chi connectivity index (χ3n) is 4.32. The lowest BCUT2D eigenvalue weighted by atomic mass is 10.1. The van der Waals surface area contributed by atoms with E-state index in [0.717, 1.165) is 37.6 Å². The lowest BCUT2D eigenvalue weighted by molar-refractivity contribution is -0.136. The molecule has 1 heterocycles. The summed E-state index contributed by atoms with van der Waals surface area (Å²) in [6, 6.07) is 13.4. The van der Waals surface area contributed by atoms with Gasteiger partial charge in [-0.05, 0) is 48.4 Å². The van der Waals surface area contributed by atoms with Crippen LogP contribution in [0.25, 0.3) is 0 Å². The van der Waals surface area contributed by atoms with Crippen LogP contribution in [-0.2, 0) is 20.7 Å². The second-order valence-electron chi connectivity index (χ2n) is 6.23. The molecule has 2 amide bonds. The number of amides is 2. The second-order valence-corrected chi connectivity index (χ2v) is 6.23. The van der Waals surface area contributed by atoms with Crippen molar-refractivity contribution in [3.05, 3.63) is 59.9 Å². The zero-order valence-electron chi connectivity index (χ0n) is 14.9. The monoisotopic (exact) mass is 371 g/mol. The van der Waals surface area contributed by atoms with Gasteiger partial charge in [-0.3, -0.25) is 9.59 Å². The maximum Gasteiger partial charge on any atom is 0.313 e. The lowest BCUT2D eigenvalue weighted by Crippen LogP contribution is -2.36. The fourth-order valence-electron chi connectivity index (χ4n) is 2.82. The van der Waals surface area contributed by atoms with Gasteiger partial charge in [0.05, 0.1) is 13.2 Å². The quantitative estimate of drug-likeness (QED) is 0.789. The van der Waals surface area contributed by atoms with Gasteiger partial charge in [-0.25, -0.2) is 4.39 Å². The van der Waals surface area contributed by atoms with Crippen LogP contribution in [0.3, 0.4) is 0 Å². The standard InChI is InChI=1S/C20H22FN3O3/c21-16-3-5-17(6-4-16)23-20(26)19(25)22-10-9-15-1-7-18(8-2-15)24-11-13-27-14-12-24/h1-8H,9-14H2,(H,22,25)(H,23,26). The molecule has 2 aromatic rings. The first-order valence-corrected chi connectivity index (χ1v) is 8.88. The number of carbonyl (C=O) groups excluding carboxylic acids is 2. The average molecular weight is 371 g/mol. The van der Waals surface area contributed by atoms with Gasteiger partial charge in [-0.2, -0.15) is 0 Å². The molecular formula is C20H22FN3O3. The number of carbonyl (C=O) groups is 2. The SMILES string of the molecule is O=C(NCCc1ccc(N2CCOCC2)cc1)C(=O)Nc1ccc(F)cc1. The Bertz CT molecular complexity index is 772. The molecule has 0 saturated carbocycles. The van der Waals surface area contributed by atoms with E-state index in [1.165, 1.54) is 24.3 Å². The van der Waals surface area contributed by atoms with Crippen LogP contribution in [0.5, 0.6) is 0 Å². The number of halogens is 1. The highest BCUT2D eigenvalue weighted by atomic mass is 19.1. The van der Waals surface area contributed by atoms with Crippen LogP contribution in [0.1, 0.15) is 5.56 Å². The highest BCUT2D eigenvalue weighted by molar-refractivity contribution is 6.39. The topological polar surface area (TPSA) is 70.7 Å². The van der Waals surface area contributed by atoms with Crippen LogP contribution in [0.15, 0.2) is 48.5 Å². The minimum absolute atomic E-state index is 0.354. The van der Waals surface area contributed by atoms with Crippen molar-refractivity contribution in [3.8, 4) is 0 Å².